The summed E-state index contributed by atoms with van der Waals surface area (Å²) in [5.41, 5.74) is 6.23. The maximum Gasteiger partial charge on any atom is 0.279 e. The summed E-state index contributed by atoms with van der Waals surface area (Å²) < 4.78 is 9.64. The van der Waals surface area contributed by atoms with Crippen LogP contribution in [-0.4, -0.2) is 29.3 Å². The number of hydrogen-bond donors (Lipinski definition) is 1. The van der Waals surface area contributed by atoms with E-state index in [0.29, 0.717) is 12.2 Å². The molecule has 0 spiro atoms. The number of benzene rings is 3. The summed E-state index contributed by atoms with van der Waals surface area (Å²) in [6.07, 6.45) is 1.71. The van der Waals surface area contributed by atoms with E-state index in [1.54, 1.807) is 23.0 Å². The van der Waals surface area contributed by atoms with Crippen molar-refractivity contribution in [3.8, 4) is 11.8 Å². The quantitative estimate of drug-likeness (QED) is 0.236. The smallest absolute Gasteiger partial charge is 0.279 e. The monoisotopic (exact) mass is 548 g/mol. The van der Waals surface area contributed by atoms with Crippen LogP contribution in [0, 0.1) is 21.4 Å². The molecule has 6 rings (SSSR count). The zero-order chi connectivity index (χ0) is 28.7. The molecule has 2 N–H and O–H groups in total. The van der Waals surface area contributed by atoms with Crippen LogP contribution in [0.1, 0.15) is 22.9 Å². The zero-order valence-corrected chi connectivity index (χ0v) is 21.2. The predicted octanol–water partition coefficient (Wildman–Crippen LogP) is 2.54. The summed E-state index contributed by atoms with van der Waals surface area (Å²) in [5.74, 6) is -0.105. The number of fused-ring (bicyclic) bond motifs is 2. The third-order valence-corrected chi connectivity index (χ3v) is 6.79. The maximum atomic E-state index is 13.6. The van der Waals surface area contributed by atoms with Gasteiger partial charge in [-0.2, -0.15) is 9.94 Å². The van der Waals surface area contributed by atoms with E-state index in [-0.39, 0.29) is 45.8 Å². The van der Waals surface area contributed by atoms with Crippen LogP contribution in [0.4, 0.5) is 5.69 Å². The molecule has 2 aromatic heterocycles. The van der Waals surface area contributed by atoms with E-state index < -0.39 is 22.1 Å². The van der Waals surface area contributed by atoms with Gasteiger partial charge >= 0.3 is 0 Å². The van der Waals surface area contributed by atoms with Gasteiger partial charge < -0.3 is 10.5 Å². The van der Waals surface area contributed by atoms with Crippen molar-refractivity contribution in [3.63, 3.8) is 0 Å². The van der Waals surface area contributed by atoms with Gasteiger partial charge in [0.05, 0.1) is 28.4 Å². The number of allylic oxidation sites excluding steroid dienone is 1. The molecule has 1 unspecified atom stereocenters. The van der Waals surface area contributed by atoms with E-state index in [2.05, 4.69) is 10.3 Å². The van der Waals surface area contributed by atoms with Crippen molar-refractivity contribution in [2.75, 3.05) is 0 Å². The fourth-order valence-electron chi connectivity index (χ4n) is 4.92. The molecule has 0 saturated carbocycles. The Bertz CT molecular complexity index is 2030. The molecule has 41 heavy (non-hydrogen) atoms. The van der Waals surface area contributed by atoms with Crippen molar-refractivity contribution < 1.29 is 9.66 Å². The van der Waals surface area contributed by atoms with Gasteiger partial charge in [-0.15, -0.1) is 5.10 Å². The van der Waals surface area contributed by atoms with Gasteiger partial charge in [0.1, 0.15) is 41.6 Å². The topological polar surface area (TPSA) is 177 Å². The summed E-state index contributed by atoms with van der Waals surface area (Å²) in [5, 5.41) is 30.2. The summed E-state index contributed by atoms with van der Waals surface area (Å²) in [7, 11) is 0. The molecule has 0 fully saturated rings. The van der Waals surface area contributed by atoms with E-state index in [4.69, 9.17) is 10.5 Å². The molecule has 13 nitrogen and oxygen atoms in total. The van der Waals surface area contributed by atoms with Gasteiger partial charge in [-0.25, -0.2) is 9.36 Å². The summed E-state index contributed by atoms with van der Waals surface area (Å²) in [6.45, 7) is 0.434. The fourth-order valence-corrected chi connectivity index (χ4v) is 4.92. The van der Waals surface area contributed by atoms with E-state index in [9.17, 15) is 25.0 Å². The second kappa shape index (κ2) is 9.93. The first kappa shape index (κ1) is 25.3. The Morgan fingerprint density at radius 2 is 1.73 bits per heavy atom. The van der Waals surface area contributed by atoms with Crippen molar-refractivity contribution in [1.82, 2.24) is 24.4 Å². The van der Waals surface area contributed by atoms with Crippen molar-refractivity contribution >= 4 is 22.3 Å². The Hall–Kier alpha value is -6.03. The van der Waals surface area contributed by atoms with E-state index in [1.165, 1.54) is 30.3 Å². The highest BCUT2D eigenvalue weighted by atomic mass is 16.6. The zero-order valence-electron chi connectivity index (χ0n) is 21.2. The molecule has 202 valence electrons. The second-order valence-corrected chi connectivity index (χ2v) is 9.29. The van der Waals surface area contributed by atoms with Crippen molar-refractivity contribution in [2.24, 2.45) is 5.73 Å². The van der Waals surface area contributed by atoms with Crippen LogP contribution in [0.2, 0.25) is 0 Å². The Kier molecular flexibility index (Phi) is 6.12. The van der Waals surface area contributed by atoms with Gasteiger partial charge in [-0.1, -0.05) is 47.7 Å². The normalized spacial score (nSPS) is 14.2. The van der Waals surface area contributed by atoms with Crippen LogP contribution in [0.3, 0.4) is 0 Å². The Morgan fingerprint density at radius 1 is 1.02 bits per heavy atom. The first-order valence-electron chi connectivity index (χ1n) is 12.4. The maximum absolute atomic E-state index is 13.6. The predicted molar refractivity (Wildman–Crippen MR) is 147 cm³/mol. The third-order valence-electron chi connectivity index (χ3n) is 6.79. The first-order chi connectivity index (χ1) is 19.9. The number of nitrogens with zero attached hydrogens (tertiary/aromatic N) is 7. The van der Waals surface area contributed by atoms with E-state index >= 15 is 0 Å². The molecule has 0 amide bonds. The molecule has 1 aliphatic rings. The molecule has 0 aliphatic carbocycles. The van der Waals surface area contributed by atoms with Gasteiger partial charge in [0.25, 0.3) is 16.8 Å². The molecular formula is C28H20N8O5. The lowest BCUT2D eigenvalue weighted by molar-refractivity contribution is -0.385. The lowest BCUT2D eigenvalue weighted by atomic mass is 9.98. The molecule has 0 saturated heterocycles. The second-order valence-electron chi connectivity index (χ2n) is 9.29. The van der Waals surface area contributed by atoms with Crippen LogP contribution in [0.15, 0.2) is 94.2 Å². The molecule has 1 aliphatic heterocycles. The van der Waals surface area contributed by atoms with Crippen LogP contribution >= 0.6 is 0 Å². The van der Waals surface area contributed by atoms with Crippen molar-refractivity contribution in [2.45, 2.75) is 19.2 Å². The van der Waals surface area contributed by atoms with E-state index in [1.807, 2.05) is 36.4 Å². The van der Waals surface area contributed by atoms with Crippen LogP contribution in [0.5, 0.6) is 5.75 Å². The van der Waals surface area contributed by atoms with Gasteiger partial charge in [-0.3, -0.25) is 19.7 Å². The van der Waals surface area contributed by atoms with Crippen molar-refractivity contribution in [3.05, 3.63) is 132 Å². The average molecular weight is 549 g/mol. The lowest BCUT2D eigenvalue weighted by Gasteiger charge is -2.19. The molecule has 13 heteroatoms. The largest absolute Gasteiger partial charge is 0.487 e. The highest BCUT2D eigenvalue weighted by molar-refractivity contribution is 5.82. The van der Waals surface area contributed by atoms with Crippen LogP contribution in [-0.2, 0) is 13.2 Å². The highest BCUT2D eigenvalue weighted by Crippen LogP contribution is 2.39. The van der Waals surface area contributed by atoms with Crippen molar-refractivity contribution in [1.29, 1.82) is 5.26 Å². The molecule has 0 bridgehead atoms. The number of ether oxygens (including phenoxy) is 1. The Labute approximate surface area is 230 Å². The SMILES string of the molecule is N#CC1=C(N)n2c(=O)c3ccccc3c(=O)n2C1c1cc([N+](=O)[O-])ccc1OCc1cn(Cc2ccccc2)nn1. The van der Waals surface area contributed by atoms with Crippen LogP contribution < -0.4 is 21.6 Å². The Balaban J connectivity index is 1.42. The minimum atomic E-state index is -1.26. The number of nitro benzene ring substituents is 1. The minimum absolute atomic E-state index is 0.0627. The average Bonchev–Trinajstić information content (AvgIpc) is 3.56. The van der Waals surface area contributed by atoms with Gasteiger partial charge in [0.2, 0.25) is 0 Å². The molecule has 0 radical (unpaired) electrons. The van der Waals surface area contributed by atoms with Gasteiger partial charge in [0.15, 0.2) is 0 Å². The van der Waals surface area contributed by atoms with Crippen LogP contribution in [0.25, 0.3) is 16.6 Å². The lowest BCUT2D eigenvalue weighted by Crippen LogP contribution is -2.38. The minimum Gasteiger partial charge on any atom is -0.487 e. The number of hydrogen-bond acceptors (Lipinski definition) is 9. The number of rotatable bonds is 7. The molecular weight excluding hydrogens is 528 g/mol. The standard InChI is InChI=1S/C28H20N8O5/c29-13-23-25(34-27(37)20-8-4-5-9-21(20)28(38)35(34)26(23)30)22-12-19(36(39)40)10-11-24(22)41-16-18-15-33(32-31-18)14-17-6-2-1-3-7-17/h1-12,15,25H,14,16,30H2. The molecule has 3 aromatic carbocycles. The number of nitrogens with two attached hydrogens (primary N) is 1. The number of aromatic nitrogens is 5. The summed E-state index contributed by atoms with van der Waals surface area (Å²) in [6, 6.07) is 20.4. The first-order valence-corrected chi connectivity index (χ1v) is 12.4. The number of nitro groups is 1. The fraction of sp³-hybridized carbons (Fsp3) is 0.107. The number of nitriles is 1. The molecule has 3 heterocycles. The highest BCUT2D eigenvalue weighted by Gasteiger charge is 2.37. The third kappa shape index (κ3) is 4.29. The van der Waals surface area contributed by atoms with Gasteiger partial charge in [0, 0.05) is 17.7 Å². The number of non-ortho nitro benzene ring substituents is 1. The summed E-state index contributed by atoms with van der Waals surface area (Å²) >= 11 is 0. The Morgan fingerprint density at radius 3 is 2.44 bits per heavy atom. The molecule has 5 aromatic rings. The van der Waals surface area contributed by atoms with E-state index in [0.717, 1.165) is 14.9 Å². The summed E-state index contributed by atoms with van der Waals surface area (Å²) in [4.78, 5) is 38.1. The molecule has 1 atom stereocenters. The van der Waals surface area contributed by atoms with Gasteiger partial charge in [-0.05, 0) is 23.8 Å².